The number of sulfone groups is 1. The van der Waals surface area contributed by atoms with Crippen molar-refractivity contribution in [1.29, 1.82) is 5.41 Å². The SMILES string of the molecule is CCOc1cc(CCC(=O)O)cc(S(=O)(=O)c2ccc(C(=N)/C=C(\NC)C(F)(F)F)s2)c1. The van der Waals surface area contributed by atoms with Gasteiger partial charge in [-0.05, 0) is 55.3 Å². The van der Waals surface area contributed by atoms with Crippen molar-refractivity contribution in [2.24, 2.45) is 0 Å². The first-order valence-corrected chi connectivity index (χ1v) is 11.6. The average Bonchev–Trinajstić information content (AvgIpc) is 3.21. The molecule has 3 N–H and O–H groups in total. The smallest absolute Gasteiger partial charge is 0.430 e. The number of alkyl halides is 3. The zero-order valence-electron chi connectivity index (χ0n) is 17.1. The van der Waals surface area contributed by atoms with E-state index in [0.29, 0.717) is 23.0 Å². The van der Waals surface area contributed by atoms with Crippen LogP contribution in [0.1, 0.15) is 23.8 Å². The van der Waals surface area contributed by atoms with Crippen LogP contribution in [0.4, 0.5) is 13.2 Å². The number of carbonyl (C=O) groups is 1. The van der Waals surface area contributed by atoms with E-state index in [9.17, 15) is 26.4 Å². The first kappa shape index (κ1) is 25.4. The van der Waals surface area contributed by atoms with Crippen LogP contribution in [-0.4, -0.2) is 45.0 Å². The monoisotopic (exact) mass is 490 g/mol. The van der Waals surface area contributed by atoms with E-state index in [4.69, 9.17) is 15.3 Å². The minimum absolute atomic E-state index is 0.0349. The minimum atomic E-state index is -4.68. The summed E-state index contributed by atoms with van der Waals surface area (Å²) in [5.74, 6) is -0.782. The summed E-state index contributed by atoms with van der Waals surface area (Å²) in [6.07, 6.45) is -4.20. The normalized spacial score (nSPS) is 12.5. The Morgan fingerprint density at radius 1 is 1.28 bits per heavy atom. The maximum absolute atomic E-state index is 13.1. The number of hydrogen-bond acceptors (Lipinski definition) is 7. The van der Waals surface area contributed by atoms with Crippen molar-refractivity contribution in [2.75, 3.05) is 13.7 Å². The molecule has 0 aliphatic carbocycles. The molecule has 0 aliphatic heterocycles. The van der Waals surface area contributed by atoms with Gasteiger partial charge in [-0.2, -0.15) is 13.2 Å². The summed E-state index contributed by atoms with van der Waals surface area (Å²) in [5, 5.41) is 18.8. The number of ether oxygens (including phenoxy) is 1. The van der Waals surface area contributed by atoms with E-state index in [-0.39, 0.29) is 39.2 Å². The quantitative estimate of drug-likeness (QED) is 0.433. The minimum Gasteiger partial charge on any atom is -0.494 e. The molecular formula is C20H21F3N2O5S2. The van der Waals surface area contributed by atoms with E-state index in [1.54, 1.807) is 13.0 Å². The van der Waals surface area contributed by atoms with Gasteiger partial charge in [-0.3, -0.25) is 10.2 Å². The zero-order valence-corrected chi connectivity index (χ0v) is 18.7. The molecule has 0 fully saturated rings. The largest absolute Gasteiger partial charge is 0.494 e. The van der Waals surface area contributed by atoms with E-state index < -0.39 is 33.4 Å². The third kappa shape index (κ3) is 6.33. The van der Waals surface area contributed by atoms with Crippen LogP contribution < -0.4 is 10.1 Å². The third-order valence-electron chi connectivity index (χ3n) is 4.16. The molecule has 12 heteroatoms. The van der Waals surface area contributed by atoms with Crippen LogP contribution in [0, 0.1) is 5.41 Å². The van der Waals surface area contributed by atoms with E-state index in [1.807, 2.05) is 5.32 Å². The van der Waals surface area contributed by atoms with Crippen LogP contribution in [0.2, 0.25) is 0 Å². The van der Waals surface area contributed by atoms with Gasteiger partial charge in [-0.1, -0.05) is 0 Å². The van der Waals surface area contributed by atoms with Gasteiger partial charge in [-0.15, -0.1) is 11.3 Å². The fourth-order valence-corrected chi connectivity index (χ4v) is 5.38. The van der Waals surface area contributed by atoms with Gasteiger partial charge in [0.1, 0.15) is 15.7 Å². The number of benzene rings is 1. The zero-order chi connectivity index (χ0) is 24.1. The molecular weight excluding hydrogens is 469 g/mol. The molecule has 0 unspecified atom stereocenters. The predicted molar refractivity (Wildman–Crippen MR) is 113 cm³/mol. The molecule has 0 radical (unpaired) electrons. The standard InChI is InChI=1S/C20H21F3N2O5S2/c1-3-30-13-8-12(4-6-18(26)27)9-14(10-13)32(28,29)19-7-5-16(31-19)15(24)11-17(25-2)20(21,22)23/h5,7-11,24-25H,3-4,6H2,1-2H3,(H,26,27)/b17-11-,24-15?. The number of carboxylic acids is 1. The lowest BCUT2D eigenvalue weighted by Gasteiger charge is -2.11. The Bertz CT molecular complexity index is 1140. The molecule has 32 heavy (non-hydrogen) atoms. The fourth-order valence-electron chi connectivity index (χ4n) is 2.67. The van der Waals surface area contributed by atoms with E-state index in [1.165, 1.54) is 24.3 Å². The Hall–Kier alpha value is -2.86. The van der Waals surface area contributed by atoms with Crippen molar-refractivity contribution in [1.82, 2.24) is 5.32 Å². The molecule has 0 spiro atoms. The number of nitrogens with one attached hydrogen (secondary N) is 2. The molecule has 0 bridgehead atoms. The van der Waals surface area contributed by atoms with Crippen LogP contribution in [0.25, 0.3) is 0 Å². The maximum atomic E-state index is 13.1. The number of halogens is 3. The van der Waals surface area contributed by atoms with Gasteiger partial charge >= 0.3 is 12.1 Å². The summed E-state index contributed by atoms with van der Waals surface area (Å²) >= 11 is 0.662. The van der Waals surface area contributed by atoms with Gasteiger partial charge in [0.15, 0.2) is 0 Å². The van der Waals surface area contributed by atoms with Gasteiger partial charge < -0.3 is 15.2 Å². The fraction of sp³-hybridized carbons (Fsp3) is 0.300. The molecule has 2 aromatic rings. The van der Waals surface area contributed by atoms with Crippen molar-refractivity contribution >= 4 is 32.9 Å². The summed E-state index contributed by atoms with van der Waals surface area (Å²) in [7, 11) is -3.01. The summed E-state index contributed by atoms with van der Waals surface area (Å²) in [5.41, 5.74) is -1.18. The Morgan fingerprint density at radius 2 is 1.97 bits per heavy atom. The molecule has 2 rings (SSSR count). The molecule has 0 amide bonds. The number of hydrogen-bond donors (Lipinski definition) is 3. The first-order chi connectivity index (χ1) is 14.9. The molecule has 1 heterocycles. The van der Waals surface area contributed by atoms with E-state index in [2.05, 4.69) is 0 Å². The molecule has 0 saturated heterocycles. The Kier molecular flexibility index (Phi) is 8.07. The van der Waals surface area contributed by atoms with Crippen LogP contribution in [0.15, 0.2) is 51.2 Å². The van der Waals surface area contributed by atoms with Crippen molar-refractivity contribution in [3.05, 3.63) is 52.5 Å². The second kappa shape index (κ2) is 10.2. The molecule has 174 valence electrons. The second-order valence-corrected chi connectivity index (χ2v) is 9.74. The third-order valence-corrected chi connectivity index (χ3v) is 7.51. The number of thiophene rings is 1. The maximum Gasteiger partial charge on any atom is 0.430 e. The van der Waals surface area contributed by atoms with Gasteiger partial charge in [0.05, 0.1) is 22.1 Å². The molecule has 0 aliphatic rings. The molecule has 7 nitrogen and oxygen atoms in total. The second-order valence-electron chi connectivity index (χ2n) is 6.48. The Morgan fingerprint density at radius 3 is 2.53 bits per heavy atom. The van der Waals surface area contributed by atoms with Crippen molar-refractivity contribution in [2.45, 2.75) is 35.0 Å². The predicted octanol–water partition coefficient (Wildman–Crippen LogP) is 4.03. The summed E-state index contributed by atoms with van der Waals surface area (Å²) in [6.45, 7) is 1.98. The van der Waals surface area contributed by atoms with Gasteiger partial charge in [0.2, 0.25) is 9.84 Å². The van der Waals surface area contributed by atoms with Crippen molar-refractivity contribution in [3.63, 3.8) is 0 Å². The number of allylic oxidation sites excluding steroid dienone is 2. The number of rotatable bonds is 10. The van der Waals surface area contributed by atoms with Crippen LogP contribution in [-0.2, 0) is 21.1 Å². The topological polar surface area (TPSA) is 117 Å². The van der Waals surface area contributed by atoms with Crippen LogP contribution >= 0.6 is 11.3 Å². The highest BCUT2D eigenvalue weighted by atomic mass is 32.2. The van der Waals surface area contributed by atoms with Gasteiger partial charge in [-0.25, -0.2) is 8.42 Å². The molecule has 1 aromatic heterocycles. The molecule has 0 atom stereocenters. The van der Waals surface area contributed by atoms with Crippen LogP contribution in [0.3, 0.4) is 0 Å². The van der Waals surface area contributed by atoms with Crippen molar-refractivity contribution in [3.8, 4) is 5.75 Å². The molecule has 0 saturated carbocycles. The van der Waals surface area contributed by atoms with E-state index in [0.717, 1.165) is 7.05 Å². The first-order valence-electron chi connectivity index (χ1n) is 9.27. The number of aliphatic carboxylic acids is 1. The van der Waals surface area contributed by atoms with Crippen LogP contribution in [0.5, 0.6) is 5.75 Å². The van der Waals surface area contributed by atoms with Gasteiger partial charge in [0.25, 0.3) is 0 Å². The highest BCUT2D eigenvalue weighted by molar-refractivity contribution is 7.93. The average molecular weight is 491 g/mol. The van der Waals surface area contributed by atoms with Gasteiger partial charge in [0, 0.05) is 13.5 Å². The van der Waals surface area contributed by atoms with E-state index >= 15 is 0 Å². The van der Waals surface area contributed by atoms with Crippen molar-refractivity contribution < 1.29 is 36.2 Å². The highest BCUT2D eigenvalue weighted by Gasteiger charge is 2.33. The summed E-state index contributed by atoms with van der Waals surface area (Å²) < 4.78 is 70.1. The Labute approximate surface area is 187 Å². The number of aryl methyl sites for hydroxylation is 1. The summed E-state index contributed by atoms with van der Waals surface area (Å²) in [4.78, 5) is 10.8. The highest BCUT2D eigenvalue weighted by Crippen LogP contribution is 2.32. The Balaban J connectivity index is 2.42. The number of carboxylic acid groups (broad SMARTS) is 1. The summed E-state index contributed by atoms with van der Waals surface area (Å²) in [6, 6.07) is 6.68. The lowest BCUT2D eigenvalue weighted by atomic mass is 10.1. The lowest BCUT2D eigenvalue weighted by Crippen LogP contribution is -2.24. The molecule has 1 aromatic carbocycles. The lowest BCUT2D eigenvalue weighted by molar-refractivity contribution is -0.136.